The molecule has 0 fully saturated rings. The first-order chi connectivity index (χ1) is 21.3. The number of benzene rings is 3. The first kappa shape index (κ1) is 33.8. The van der Waals surface area contributed by atoms with Crippen molar-refractivity contribution in [3.8, 4) is 16.9 Å². The van der Waals surface area contributed by atoms with Gasteiger partial charge in [-0.3, -0.25) is 14.9 Å². The molecule has 1 atom stereocenters. The van der Waals surface area contributed by atoms with E-state index in [1.54, 1.807) is 73.1 Å². The summed E-state index contributed by atoms with van der Waals surface area (Å²) in [5.74, 6) is -0.878. The highest BCUT2D eigenvalue weighted by atomic mass is 35.5. The minimum absolute atomic E-state index is 0.137. The highest BCUT2D eigenvalue weighted by molar-refractivity contribution is 6.35. The smallest absolute Gasteiger partial charge is 0.411 e. The number of rotatable bonds is 9. The van der Waals surface area contributed by atoms with Crippen LogP contribution in [0.15, 0.2) is 66.7 Å². The third kappa shape index (κ3) is 8.36. The van der Waals surface area contributed by atoms with Crippen LogP contribution in [0.25, 0.3) is 16.9 Å². The molecule has 0 spiro atoms. The molecule has 1 unspecified atom stereocenters. The summed E-state index contributed by atoms with van der Waals surface area (Å²) in [6.07, 6.45) is -0.543. The number of carbonyl (C=O) groups is 3. The third-order valence-electron chi connectivity index (χ3n) is 6.94. The van der Waals surface area contributed by atoms with Gasteiger partial charge in [0.15, 0.2) is 5.69 Å². The van der Waals surface area contributed by atoms with Crippen molar-refractivity contribution in [2.45, 2.75) is 47.2 Å². The number of carbonyl (C=O) groups excluding carboxylic acids is 3. The van der Waals surface area contributed by atoms with Crippen molar-refractivity contribution >= 4 is 58.4 Å². The fraction of sp³-hybridized carbons (Fsp3) is 0.273. The van der Waals surface area contributed by atoms with Gasteiger partial charge >= 0.3 is 6.09 Å². The number of aromatic nitrogens is 2. The lowest BCUT2D eigenvalue weighted by Gasteiger charge is -2.30. The minimum Gasteiger partial charge on any atom is -0.450 e. The number of halogens is 3. The molecule has 1 heterocycles. The summed E-state index contributed by atoms with van der Waals surface area (Å²) in [5, 5.41) is 14.5. The van der Waals surface area contributed by atoms with Crippen LogP contribution >= 0.6 is 34.8 Å². The molecular weight excluding hydrogens is 637 g/mol. The van der Waals surface area contributed by atoms with Crippen LogP contribution in [0, 0.1) is 12.3 Å². The molecule has 3 aromatic carbocycles. The molecule has 0 aliphatic carbocycles. The SMILES string of the molecule is CCOC(=O)Nc1ccc(CNC(=O)C(NC(=O)c2nn(-c3ccc(Cl)cc3Cl)c(-c3ccc(Cl)cc3)c2C)C(C)(C)C)cc1. The number of hydrogen-bond donors (Lipinski definition) is 3. The van der Waals surface area contributed by atoms with Gasteiger partial charge < -0.3 is 15.4 Å². The zero-order chi connectivity index (χ0) is 32.9. The molecule has 0 aliphatic heterocycles. The number of anilines is 1. The first-order valence-corrected chi connectivity index (χ1v) is 15.3. The van der Waals surface area contributed by atoms with Gasteiger partial charge in [0.1, 0.15) is 6.04 Å². The molecule has 3 amide bonds. The topological polar surface area (TPSA) is 114 Å². The fourth-order valence-electron chi connectivity index (χ4n) is 4.64. The summed E-state index contributed by atoms with van der Waals surface area (Å²) in [6.45, 7) is 9.59. The molecule has 4 aromatic rings. The molecule has 4 rings (SSSR count). The summed E-state index contributed by atoms with van der Waals surface area (Å²) in [6, 6.07) is 18.3. The Morgan fingerprint density at radius 2 is 1.58 bits per heavy atom. The van der Waals surface area contributed by atoms with Gasteiger partial charge in [0.05, 0.1) is 23.0 Å². The van der Waals surface area contributed by atoms with E-state index in [9.17, 15) is 14.4 Å². The second-order valence-electron chi connectivity index (χ2n) is 11.4. The lowest BCUT2D eigenvalue weighted by Crippen LogP contribution is -2.53. The molecule has 0 aliphatic rings. The van der Waals surface area contributed by atoms with Gasteiger partial charge in [0.25, 0.3) is 5.91 Å². The highest BCUT2D eigenvalue weighted by Gasteiger charge is 2.34. The molecular formula is C33H34Cl3N5O4. The predicted octanol–water partition coefficient (Wildman–Crippen LogP) is 7.84. The Morgan fingerprint density at radius 3 is 2.18 bits per heavy atom. The lowest BCUT2D eigenvalue weighted by molar-refractivity contribution is -0.125. The molecule has 45 heavy (non-hydrogen) atoms. The van der Waals surface area contributed by atoms with E-state index in [0.29, 0.717) is 37.7 Å². The van der Waals surface area contributed by atoms with Crippen LogP contribution in [-0.4, -0.2) is 40.3 Å². The van der Waals surface area contributed by atoms with Gasteiger partial charge in [-0.05, 0) is 67.3 Å². The molecule has 12 heteroatoms. The van der Waals surface area contributed by atoms with Gasteiger partial charge in [-0.2, -0.15) is 5.10 Å². The molecule has 3 N–H and O–H groups in total. The quantitative estimate of drug-likeness (QED) is 0.168. The number of nitrogens with one attached hydrogen (secondary N) is 3. The number of nitrogens with zero attached hydrogens (tertiary/aromatic N) is 2. The van der Waals surface area contributed by atoms with Crippen molar-refractivity contribution in [1.82, 2.24) is 20.4 Å². The van der Waals surface area contributed by atoms with Gasteiger partial charge in [-0.1, -0.05) is 79.8 Å². The molecule has 0 saturated carbocycles. The average Bonchev–Trinajstić information content (AvgIpc) is 3.31. The van der Waals surface area contributed by atoms with Gasteiger partial charge in [-0.25, -0.2) is 9.48 Å². The largest absolute Gasteiger partial charge is 0.450 e. The summed E-state index contributed by atoms with van der Waals surface area (Å²) in [5.41, 5.74) is 3.39. The second kappa shape index (κ2) is 14.4. The minimum atomic E-state index is -0.891. The summed E-state index contributed by atoms with van der Waals surface area (Å²) >= 11 is 18.8. The van der Waals surface area contributed by atoms with Crippen LogP contribution < -0.4 is 16.0 Å². The zero-order valence-corrected chi connectivity index (χ0v) is 27.8. The van der Waals surface area contributed by atoms with Gasteiger partial charge in [0, 0.05) is 33.4 Å². The maximum atomic E-state index is 13.8. The molecule has 0 bridgehead atoms. The van der Waals surface area contributed by atoms with Crippen molar-refractivity contribution in [2.75, 3.05) is 11.9 Å². The zero-order valence-electron chi connectivity index (χ0n) is 25.5. The lowest BCUT2D eigenvalue weighted by atomic mass is 9.86. The summed E-state index contributed by atoms with van der Waals surface area (Å²) in [4.78, 5) is 38.9. The van der Waals surface area contributed by atoms with Crippen LogP contribution in [0.4, 0.5) is 10.5 Å². The molecule has 9 nitrogen and oxygen atoms in total. The van der Waals surface area contributed by atoms with E-state index < -0.39 is 23.5 Å². The van der Waals surface area contributed by atoms with Gasteiger partial charge in [0.2, 0.25) is 5.91 Å². The van der Waals surface area contributed by atoms with Crippen molar-refractivity contribution in [1.29, 1.82) is 0 Å². The Morgan fingerprint density at radius 1 is 0.933 bits per heavy atom. The van der Waals surface area contributed by atoms with E-state index in [4.69, 9.17) is 39.5 Å². The normalized spacial score (nSPS) is 11.9. The first-order valence-electron chi connectivity index (χ1n) is 14.2. The molecule has 236 valence electrons. The Kier molecular flexibility index (Phi) is 10.8. The van der Waals surface area contributed by atoms with Crippen molar-refractivity contribution < 1.29 is 19.1 Å². The molecule has 1 aromatic heterocycles. The fourth-order valence-corrected chi connectivity index (χ4v) is 5.26. The predicted molar refractivity (Wildman–Crippen MR) is 178 cm³/mol. The molecule has 0 saturated heterocycles. The Hall–Kier alpha value is -4.05. The molecule has 0 radical (unpaired) electrons. The van der Waals surface area contributed by atoms with Crippen LogP contribution in [-0.2, 0) is 16.1 Å². The van der Waals surface area contributed by atoms with Crippen molar-refractivity contribution in [3.05, 3.63) is 98.6 Å². The Balaban J connectivity index is 1.58. The Labute approximate surface area is 277 Å². The van der Waals surface area contributed by atoms with E-state index in [-0.39, 0.29) is 24.8 Å². The van der Waals surface area contributed by atoms with E-state index in [2.05, 4.69) is 21.0 Å². The van der Waals surface area contributed by atoms with Crippen LogP contribution in [0.3, 0.4) is 0 Å². The monoisotopic (exact) mass is 669 g/mol. The van der Waals surface area contributed by atoms with Gasteiger partial charge in [-0.15, -0.1) is 0 Å². The second-order valence-corrected chi connectivity index (χ2v) is 12.6. The average molecular weight is 671 g/mol. The number of amides is 3. The summed E-state index contributed by atoms with van der Waals surface area (Å²) in [7, 11) is 0. The highest BCUT2D eigenvalue weighted by Crippen LogP contribution is 2.33. The van der Waals surface area contributed by atoms with Crippen molar-refractivity contribution in [3.63, 3.8) is 0 Å². The van der Waals surface area contributed by atoms with Crippen molar-refractivity contribution in [2.24, 2.45) is 5.41 Å². The Bertz CT molecular complexity index is 1700. The van der Waals surface area contributed by atoms with Crippen LogP contribution in [0.2, 0.25) is 15.1 Å². The van der Waals surface area contributed by atoms with E-state index >= 15 is 0 Å². The van der Waals surface area contributed by atoms with E-state index in [1.807, 2.05) is 32.9 Å². The number of ether oxygens (including phenoxy) is 1. The van der Waals surface area contributed by atoms with E-state index in [0.717, 1.165) is 11.1 Å². The van der Waals surface area contributed by atoms with E-state index in [1.165, 1.54) is 0 Å². The standard InChI is InChI=1S/C33H34Cl3N5O4/c1-6-45-32(44)38-24-14-7-20(8-15-24)18-37-31(43)29(33(3,4)5)39-30(42)27-19(2)28(21-9-11-22(34)12-10-21)41(40-27)26-16-13-23(35)17-25(26)36/h7-17,29H,6,18H2,1-5H3,(H,37,43)(H,38,44)(H,39,42). The number of hydrogen-bond acceptors (Lipinski definition) is 5. The maximum Gasteiger partial charge on any atom is 0.411 e. The van der Waals surface area contributed by atoms with Crippen LogP contribution in [0.5, 0.6) is 0 Å². The summed E-state index contributed by atoms with van der Waals surface area (Å²) < 4.78 is 6.48. The van der Waals surface area contributed by atoms with Crippen LogP contribution in [0.1, 0.15) is 49.3 Å². The third-order valence-corrected chi connectivity index (χ3v) is 7.73. The maximum absolute atomic E-state index is 13.8.